The zero-order valence-electron chi connectivity index (χ0n) is 9.36. The molecule has 0 rings (SSSR count). The standard InChI is InChI=1S/C9H19NO4S/c1-4-7(2)10-8(9(11)12)5-6-15(3,13)14/h7-8,10H,4-6H2,1-3H3,(H,11,12). The Labute approximate surface area is 90.8 Å². The smallest absolute Gasteiger partial charge is 0.320 e. The second-order valence-electron chi connectivity index (χ2n) is 3.79. The molecule has 6 heteroatoms. The van der Waals surface area contributed by atoms with Crippen LogP contribution in [-0.4, -0.2) is 43.6 Å². The van der Waals surface area contributed by atoms with E-state index < -0.39 is 21.8 Å². The van der Waals surface area contributed by atoms with Crippen LogP contribution >= 0.6 is 0 Å². The Hall–Kier alpha value is -0.620. The molecule has 0 aromatic rings. The van der Waals surface area contributed by atoms with Crippen molar-refractivity contribution < 1.29 is 18.3 Å². The minimum atomic E-state index is -3.10. The summed E-state index contributed by atoms with van der Waals surface area (Å²) in [4.78, 5) is 10.8. The van der Waals surface area contributed by atoms with Gasteiger partial charge in [0.2, 0.25) is 0 Å². The highest BCUT2D eigenvalue weighted by molar-refractivity contribution is 7.90. The van der Waals surface area contributed by atoms with Crippen LogP contribution in [0.25, 0.3) is 0 Å². The van der Waals surface area contributed by atoms with E-state index in [9.17, 15) is 13.2 Å². The van der Waals surface area contributed by atoms with E-state index in [0.717, 1.165) is 12.7 Å². The summed E-state index contributed by atoms with van der Waals surface area (Å²) in [5.41, 5.74) is 0. The highest BCUT2D eigenvalue weighted by Gasteiger charge is 2.20. The van der Waals surface area contributed by atoms with E-state index >= 15 is 0 Å². The molecule has 0 aliphatic heterocycles. The summed E-state index contributed by atoms with van der Waals surface area (Å²) in [6, 6.07) is -0.708. The first kappa shape index (κ1) is 14.4. The van der Waals surface area contributed by atoms with Crippen molar-refractivity contribution >= 4 is 15.8 Å². The van der Waals surface area contributed by atoms with Crippen molar-refractivity contribution in [1.29, 1.82) is 0 Å². The van der Waals surface area contributed by atoms with Crippen molar-refractivity contribution in [1.82, 2.24) is 5.32 Å². The molecule has 0 aromatic heterocycles. The monoisotopic (exact) mass is 237 g/mol. The fourth-order valence-corrected chi connectivity index (χ4v) is 1.74. The molecule has 0 amide bonds. The van der Waals surface area contributed by atoms with E-state index in [1.165, 1.54) is 0 Å². The third kappa shape index (κ3) is 7.33. The van der Waals surface area contributed by atoms with Crippen LogP contribution in [0.15, 0.2) is 0 Å². The van der Waals surface area contributed by atoms with Gasteiger partial charge in [-0.25, -0.2) is 8.42 Å². The molecule has 2 atom stereocenters. The predicted octanol–water partition coefficient (Wildman–Crippen LogP) is 0.262. The normalized spacial score (nSPS) is 15.9. The van der Waals surface area contributed by atoms with Crippen LogP contribution in [0.4, 0.5) is 0 Å². The molecule has 0 aliphatic rings. The van der Waals surface area contributed by atoms with Gasteiger partial charge >= 0.3 is 5.97 Å². The van der Waals surface area contributed by atoms with Crippen LogP contribution in [0.2, 0.25) is 0 Å². The highest BCUT2D eigenvalue weighted by atomic mass is 32.2. The Bertz CT molecular complexity index is 299. The molecule has 0 saturated heterocycles. The lowest BCUT2D eigenvalue weighted by Gasteiger charge is -2.18. The Morgan fingerprint density at radius 1 is 1.47 bits per heavy atom. The number of sulfone groups is 1. The Balaban J connectivity index is 4.24. The quantitative estimate of drug-likeness (QED) is 0.663. The molecule has 0 heterocycles. The molecule has 0 saturated carbocycles. The molecular weight excluding hydrogens is 218 g/mol. The molecule has 0 fully saturated rings. The van der Waals surface area contributed by atoms with Crippen LogP contribution in [0, 0.1) is 0 Å². The van der Waals surface area contributed by atoms with Crippen LogP contribution < -0.4 is 5.32 Å². The summed E-state index contributed by atoms with van der Waals surface area (Å²) in [7, 11) is -3.10. The van der Waals surface area contributed by atoms with Crippen LogP contribution in [0.3, 0.4) is 0 Å². The number of hydrogen-bond donors (Lipinski definition) is 2. The van der Waals surface area contributed by atoms with E-state index in [2.05, 4.69) is 5.32 Å². The maximum Gasteiger partial charge on any atom is 0.320 e. The van der Waals surface area contributed by atoms with E-state index in [4.69, 9.17) is 5.11 Å². The molecule has 90 valence electrons. The maximum atomic E-state index is 10.9. The molecule has 2 unspecified atom stereocenters. The van der Waals surface area contributed by atoms with Gasteiger partial charge in [0.25, 0.3) is 0 Å². The van der Waals surface area contributed by atoms with Gasteiger partial charge < -0.3 is 10.4 Å². The third-order valence-electron chi connectivity index (χ3n) is 2.17. The van der Waals surface area contributed by atoms with Gasteiger partial charge in [0.15, 0.2) is 0 Å². The molecule has 0 aromatic carbocycles. The van der Waals surface area contributed by atoms with Gasteiger partial charge in [-0.2, -0.15) is 0 Å². The van der Waals surface area contributed by atoms with Crippen molar-refractivity contribution in [3.05, 3.63) is 0 Å². The fraction of sp³-hybridized carbons (Fsp3) is 0.889. The van der Waals surface area contributed by atoms with Crippen molar-refractivity contribution in [2.75, 3.05) is 12.0 Å². The molecule has 0 radical (unpaired) electrons. The minimum Gasteiger partial charge on any atom is -0.480 e. The number of carboxylic acids is 1. The number of nitrogens with one attached hydrogen (secondary N) is 1. The summed E-state index contributed by atoms with van der Waals surface area (Å²) in [6.07, 6.45) is 2.02. The average molecular weight is 237 g/mol. The van der Waals surface area contributed by atoms with E-state index in [0.29, 0.717) is 0 Å². The van der Waals surface area contributed by atoms with Crippen LogP contribution in [-0.2, 0) is 14.6 Å². The number of aliphatic carboxylic acids is 1. The average Bonchev–Trinajstić information content (AvgIpc) is 2.09. The van der Waals surface area contributed by atoms with Gasteiger partial charge in [-0.05, 0) is 19.8 Å². The molecule has 0 bridgehead atoms. The lowest BCUT2D eigenvalue weighted by Crippen LogP contribution is -2.42. The number of carboxylic acid groups (broad SMARTS) is 1. The topological polar surface area (TPSA) is 83.5 Å². The van der Waals surface area contributed by atoms with E-state index in [1.807, 2.05) is 13.8 Å². The Kier molecular flexibility index (Phi) is 5.82. The Morgan fingerprint density at radius 2 is 2.00 bits per heavy atom. The highest BCUT2D eigenvalue weighted by Crippen LogP contribution is 2.00. The zero-order valence-corrected chi connectivity index (χ0v) is 10.2. The summed E-state index contributed by atoms with van der Waals surface area (Å²) >= 11 is 0. The van der Waals surface area contributed by atoms with Gasteiger partial charge in [-0.3, -0.25) is 4.79 Å². The van der Waals surface area contributed by atoms with Crippen molar-refractivity contribution in [3.8, 4) is 0 Å². The molecule has 0 spiro atoms. The largest absolute Gasteiger partial charge is 0.480 e. The van der Waals surface area contributed by atoms with Crippen LogP contribution in [0.5, 0.6) is 0 Å². The summed E-state index contributed by atoms with van der Waals surface area (Å²) in [5.74, 6) is -1.10. The first-order valence-electron chi connectivity index (χ1n) is 4.92. The first-order chi connectivity index (χ1) is 6.76. The van der Waals surface area contributed by atoms with Crippen LogP contribution in [0.1, 0.15) is 26.7 Å². The predicted molar refractivity (Wildman–Crippen MR) is 58.6 cm³/mol. The lowest BCUT2D eigenvalue weighted by molar-refractivity contribution is -0.139. The van der Waals surface area contributed by atoms with E-state index in [-0.39, 0.29) is 18.2 Å². The van der Waals surface area contributed by atoms with Crippen molar-refractivity contribution in [2.24, 2.45) is 0 Å². The summed E-state index contributed by atoms with van der Waals surface area (Å²) < 4.78 is 21.8. The number of rotatable bonds is 7. The number of carbonyl (C=O) groups is 1. The van der Waals surface area contributed by atoms with E-state index in [1.54, 1.807) is 0 Å². The number of hydrogen-bond acceptors (Lipinski definition) is 4. The second-order valence-corrected chi connectivity index (χ2v) is 6.05. The third-order valence-corrected chi connectivity index (χ3v) is 3.15. The maximum absolute atomic E-state index is 10.9. The van der Waals surface area contributed by atoms with Crippen molar-refractivity contribution in [3.63, 3.8) is 0 Å². The van der Waals surface area contributed by atoms with Gasteiger partial charge in [0, 0.05) is 12.3 Å². The Morgan fingerprint density at radius 3 is 2.33 bits per heavy atom. The first-order valence-corrected chi connectivity index (χ1v) is 6.99. The zero-order chi connectivity index (χ0) is 12.1. The van der Waals surface area contributed by atoms with Gasteiger partial charge in [-0.1, -0.05) is 6.92 Å². The van der Waals surface area contributed by atoms with Gasteiger partial charge in [-0.15, -0.1) is 0 Å². The molecule has 15 heavy (non-hydrogen) atoms. The van der Waals surface area contributed by atoms with Gasteiger partial charge in [0.05, 0.1) is 5.75 Å². The fourth-order valence-electron chi connectivity index (χ4n) is 1.07. The molecule has 5 nitrogen and oxygen atoms in total. The minimum absolute atomic E-state index is 0.0747. The summed E-state index contributed by atoms with van der Waals surface area (Å²) in [5, 5.41) is 11.7. The van der Waals surface area contributed by atoms with Crippen molar-refractivity contribution in [2.45, 2.75) is 38.8 Å². The second kappa shape index (κ2) is 6.07. The molecular formula is C9H19NO4S. The lowest BCUT2D eigenvalue weighted by atomic mass is 10.2. The summed E-state index contributed by atoms with van der Waals surface area (Å²) in [6.45, 7) is 3.81. The SMILES string of the molecule is CCC(C)NC(CCS(C)(=O)=O)C(=O)O. The van der Waals surface area contributed by atoms with Gasteiger partial charge in [0.1, 0.15) is 15.9 Å². The molecule has 0 aliphatic carbocycles. The molecule has 2 N–H and O–H groups in total.